The van der Waals surface area contributed by atoms with Gasteiger partial charge in [0.1, 0.15) is 0 Å². The van der Waals surface area contributed by atoms with E-state index in [1.54, 1.807) is 6.33 Å². The van der Waals surface area contributed by atoms with Crippen LogP contribution in [0.2, 0.25) is 0 Å². The number of carbonyl (C=O) groups is 1. The number of imidazole rings is 1. The SMILES string of the molecule is Cc1nc[nH]c1CN1c2ccccc2CC(Cc2ccc(C(C)(C)C)cc2)C(=O)N1CCc1ccccc1. The summed E-state index contributed by atoms with van der Waals surface area (Å²) in [6.45, 7) is 9.88. The molecule has 0 aliphatic carbocycles. The van der Waals surface area contributed by atoms with E-state index in [9.17, 15) is 4.79 Å². The Bertz CT molecular complexity index is 1370. The van der Waals surface area contributed by atoms with Gasteiger partial charge in [0, 0.05) is 12.5 Å². The smallest absolute Gasteiger partial charge is 0.244 e. The standard InChI is InChI=1S/C33H38N4O/c1-24-30(35-23-34-24)22-37-31-13-9-8-12-27(31)21-28(20-26-14-16-29(17-15-26)33(2,3)4)32(38)36(37)19-18-25-10-6-5-7-11-25/h5-17,23,28H,18-22H2,1-4H3,(H,34,35). The quantitative estimate of drug-likeness (QED) is 0.315. The van der Waals surface area contributed by atoms with Gasteiger partial charge in [0.2, 0.25) is 5.91 Å². The summed E-state index contributed by atoms with van der Waals surface area (Å²) >= 11 is 0. The van der Waals surface area contributed by atoms with Crippen LogP contribution in [0.1, 0.15) is 54.4 Å². The highest BCUT2D eigenvalue weighted by Gasteiger charge is 2.34. The Morgan fingerprint density at radius 3 is 2.29 bits per heavy atom. The molecule has 1 N–H and O–H groups in total. The Morgan fingerprint density at radius 1 is 0.895 bits per heavy atom. The molecule has 196 valence electrons. The number of nitrogens with zero attached hydrogens (tertiary/aromatic N) is 3. The minimum Gasteiger partial charge on any atom is -0.347 e. The lowest BCUT2D eigenvalue weighted by atomic mass is 9.85. The van der Waals surface area contributed by atoms with Crippen molar-refractivity contribution >= 4 is 11.6 Å². The molecule has 4 aromatic rings. The third-order valence-corrected chi connectivity index (χ3v) is 7.63. The molecule has 0 spiro atoms. The van der Waals surface area contributed by atoms with Crippen LogP contribution in [0.5, 0.6) is 0 Å². The second-order valence-corrected chi connectivity index (χ2v) is 11.4. The second-order valence-electron chi connectivity index (χ2n) is 11.4. The summed E-state index contributed by atoms with van der Waals surface area (Å²) in [5.74, 6) is 0.0365. The number of hydrogen-bond acceptors (Lipinski definition) is 3. The highest BCUT2D eigenvalue weighted by Crippen LogP contribution is 2.33. The van der Waals surface area contributed by atoms with Gasteiger partial charge in [-0.3, -0.25) is 14.8 Å². The molecule has 0 bridgehead atoms. The number of aromatic nitrogens is 2. The monoisotopic (exact) mass is 506 g/mol. The predicted molar refractivity (Wildman–Crippen MR) is 154 cm³/mol. The van der Waals surface area contributed by atoms with Crippen LogP contribution in [0, 0.1) is 12.8 Å². The van der Waals surface area contributed by atoms with E-state index in [1.807, 2.05) is 18.0 Å². The van der Waals surface area contributed by atoms with Crippen LogP contribution in [0.25, 0.3) is 0 Å². The van der Waals surface area contributed by atoms with E-state index in [-0.39, 0.29) is 17.2 Å². The van der Waals surface area contributed by atoms with Crippen molar-refractivity contribution in [2.45, 2.75) is 58.9 Å². The number of anilines is 1. The zero-order valence-electron chi connectivity index (χ0n) is 22.9. The highest BCUT2D eigenvalue weighted by atomic mass is 16.2. The zero-order valence-corrected chi connectivity index (χ0v) is 22.9. The van der Waals surface area contributed by atoms with E-state index < -0.39 is 0 Å². The van der Waals surface area contributed by atoms with Crippen LogP contribution in [-0.2, 0) is 36.0 Å². The first-order valence-electron chi connectivity index (χ1n) is 13.6. The number of benzene rings is 3. The maximum Gasteiger partial charge on any atom is 0.244 e. The Hall–Kier alpha value is -3.86. The number of fused-ring (bicyclic) bond motifs is 1. The lowest BCUT2D eigenvalue weighted by Crippen LogP contribution is -2.49. The van der Waals surface area contributed by atoms with E-state index in [2.05, 4.69) is 109 Å². The minimum atomic E-state index is -0.139. The van der Waals surface area contributed by atoms with Crippen molar-refractivity contribution in [1.82, 2.24) is 15.0 Å². The Balaban J connectivity index is 1.49. The molecule has 0 saturated heterocycles. The van der Waals surface area contributed by atoms with E-state index in [4.69, 9.17) is 0 Å². The normalized spacial score (nSPS) is 15.9. The minimum absolute atomic E-state index is 0.106. The lowest BCUT2D eigenvalue weighted by Gasteiger charge is -2.37. The third-order valence-electron chi connectivity index (χ3n) is 7.63. The van der Waals surface area contributed by atoms with Crippen molar-refractivity contribution in [3.8, 4) is 0 Å². The first-order valence-corrected chi connectivity index (χ1v) is 13.6. The molecule has 1 aromatic heterocycles. The average molecular weight is 507 g/mol. The molecule has 3 aromatic carbocycles. The van der Waals surface area contributed by atoms with Crippen LogP contribution >= 0.6 is 0 Å². The van der Waals surface area contributed by atoms with Gasteiger partial charge in [0.25, 0.3) is 0 Å². The van der Waals surface area contributed by atoms with Gasteiger partial charge in [-0.15, -0.1) is 0 Å². The summed E-state index contributed by atoms with van der Waals surface area (Å²) < 4.78 is 0. The van der Waals surface area contributed by atoms with Crippen LogP contribution in [-0.4, -0.2) is 27.4 Å². The number of aromatic amines is 1. The van der Waals surface area contributed by atoms with Gasteiger partial charge in [-0.05, 0) is 59.9 Å². The molecule has 5 rings (SSSR count). The van der Waals surface area contributed by atoms with Crippen LogP contribution in [0.4, 0.5) is 5.69 Å². The highest BCUT2D eigenvalue weighted by molar-refractivity contribution is 5.83. The van der Waals surface area contributed by atoms with E-state index >= 15 is 0 Å². The van der Waals surface area contributed by atoms with E-state index in [0.29, 0.717) is 13.1 Å². The average Bonchev–Trinajstić information content (AvgIpc) is 3.28. The first kappa shape index (κ1) is 25.8. The summed E-state index contributed by atoms with van der Waals surface area (Å²) in [6, 6.07) is 27.7. The number of hydrogen-bond donors (Lipinski definition) is 1. The van der Waals surface area contributed by atoms with Gasteiger partial charge in [-0.25, -0.2) is 4.98 Å². The van der Waals surface area contributed by atoms with Gasteiger partial charge in [-0.1, -0.05) is 93.6 Å². The summed E-state index contributed by atoms with van der Waals surface area (Å²) in [7, 11) is 0. The third kappa shape index (κ3) is 5.67. The molecule has 1 unspecified atom stereocenters. The fourth-order valence-electron chi connectivity index (χ4n) is 5.31. The van der Waals surface area contributed by atoms with Gasteiger partial charge in [0.15, 0.2) is 0 Å². The number of H-pyrrole nitrogens is 1. The molecular formula is C33H38N4O. The van der Waals surface area contributed by atoms with E-state index in [1.165, 1.54) is 22.3 Å². The molecule has 0 saturated carbocycles. The molecule has 5 nitrogen and oxygen atoms in total. The number of para-hydroxylation sites is 1. The molecule has 1 amide bonds. The number of nitrogens with one attached hydrogen (secondary N) is 1. The molecule has 2 heterocycles. The molecule has 1 aliphatic rings. The number of amides is 1. The zero-order chi connectivity index (χ0) is 26.7. The number of hydrazine groups is 1. The maximum absolute atomic E-state index is 14.3. The molecule has 1 aliphatic heterocycles. The summed E-state index contributed by atoms with van der Waals surface area (Å²) in [5.41, 5.74) is 8.12. The Kier molecular flexibility index (Phi) is 7.37. The largest absolute Gasteiger partial charge is 0.347 e. The first-order chi connectivity index (χ1) is 18.3. The maximum atomic E-state index is 14.3. The molecule has 1 atom stereocenters. The van der Waals surface area contributed by atoms with Gasteiger partial charge in [0.05, 0.1) is 29.9 Å². The molecule has 0 radical (unpaired) electrons. The van der Waals surface area contributed by atoms with E-state index in [0.717, 1.165) is 36.3 Å². The fraction of sp³-hybridized carbons (Fsp3) is 0.333. The fourth-order valence-corrected chi connectivity index (χ4v) is 5.31. The summed E-state index contributed by atoms with van der Waals surface area (Å²) in [4.78, 5) is 22.0. The lowest BCUT2D eigenvalue weighted by molar-refractivity contribution is -0.136. The van der Waals surface area contributed by atoms with Gasteiger partial charge < -0.3 is 4.98 Å². The molecule has 38 heavy (non-hydrogen) atoms. The van der Waals surface area contributed by atoms with Crippen LogP contribution in [0.15, 0.2) is 85.2 Å². The van der Waals surface area contributed by atoms with Crippen molar-refractivity contribution < 1.29 is 4.79 Å². The molecule has 5 heteroatoms. The summed E-state index contributed by atoms with van der Waals surface area (Å²) in [6.07, 6.45) is 3.96. The van der Waals surface area contributed by atoms with Crippen LogP contribution < -0.4 is 5.01 Å². The summed E-state index contributed by atoms with van der Waals surface area (Å²) in [5, 5.41) is 4.16. The number of aryl methyl sites for hydroxylation is 1. The Morgan fingerprint density at radius 2 is 1.61 bits per heavy atom. The molecular weight excluding hydrogens is 468 g/mol. The number of rotatable bonds is 7. The van der Waals surface area contributed by atoms with Crippen molar-refractivity contribution in [2.75, 3.05) is 11.6 Å². The van der Waals surface area contributed by atoms with Gasteiger partial charge >= 0.3 is 0 Å². The van der Waals surface area contributed by atoms with Crippen molar-refractivity contribution in [3.05, 3.63) is 119 Å². The van der Waals surface area contributed by atoms with Crippen molar-refractivity contribution in [1.29, 1.82) is 0 Å². The Labute approximate surface area is 226 Å². The molecule has 0 fully saturated rings. The predicted octanol–water partition coefficient (Wildman–Crippen LogP) is 6.42. The topological polar surface area (TPSA) is 52.2 Å². The van der Waals surface area contributed by atoms with Crippen molar-refractivity contribution in [2.24, 2.45) is 5.92 Å². The van der Waals surface area contributed by atoms with Gasteiger partial charge in [-0.2, -0.15) is 0 Å². The number of carbonyl (C=O) groups excluding carboxylic acids is 1. The van der Waals surface area contributed by atoms with Crippen molar-refractivity contribution in [3.63, 3.8) is 0 Å². The van der Waals surface area contributed by atoms with Crippen LogP contribution in [0.3, 0.4) is 0 Å². The second kappa shape index (κ2) is 10.9.